The van der Waals surface area contributed by atoms with E-state index in [9.17, 15) is 5.26 Å². The Bertz CT molecular complexity index is 418. The van der Waals surface area contributed by atoms with Crippen LogP contribution >= 0.6 is 15.9 Å². The van der Waals surface area contributed by atoms with Gasteiger partial charge in [0.25, 0.3) is 0 Å². The molecule has 0 atom stereocenters. The third kappa shape index (κ3) is 2.22. The quantitative estimate of drug-likeness (QED) is 0.840. The zero-order valence-corrected chi connectivity index (χ0v) is 11.0. The third-order valence-electron chi connectivity index (χ3n) is 2.87. The molecule has 0 spiro atoms. The van der Waals surface area contributed by atoms with E-state index in [0.717, 1.165) is 28.7 Å². The van der Waals surface area contributed by atoms with Gasteiger partial charge in [0.2, 0.25) is 0 Å². The zero-order valence-electron chi connectivity index (χ0n) is 9.41. The first kappa shape index (κ1) is 11.5. The SMILES string of the molecule is CCCN(c1cccc(Br)c1C#N)C1CC1. The zero-order chi connectivity index (χ0) is 11.5. The first-order valence-corrected chi connectivity index (χ1v) is 6.52. The lowest BCUT2D eigenvalue weighted by molar-refractivity contribution is 0.762. The Labute approximate surface area is 105 Å². The van der Waals surface area contributed by atoms with Crippen LogP contribution in [0.5, 0.6) is 0 Å². The van der Waals surface area contributed by atoms with Crippen LogP contribution in [0.2, 0.25) is 0 Å². The lowest BCUT2D eigenvalue weighted by Gasteiger charge is -2.25. The second-order valence-electron chi connectivity index (χ2n) is 4.17. The smallest absolute Gasteiger partial charge is 0.103 e. The topological polar surface area (TPSA) is 27.0 Å². The molecule has 3 heteroatoms. The van der Waals surface area contributed by atoms with Crippen molar-refractivity contribution >= 4 is 21.6 Å². The van der Waals surface area contributed by atoms with Crippen LogP contribution in [-0.2, 0) is 0 Å². The molecule has 2 rings (SSSR count). The van der Waals surface area contributed by atoms with Crippen LogP contribution in [0.4, 0.5) is 5.69 Å². The number of benzene rings is 1. The van der Waals surface area contributed by atoms with Crippen molar-refractivity contribution < 1.29 is 0 Å². The fraction of sp³-hybridized carbons (Fsp3) is 0.462. The lowest BCUT2D eigenvalue weighted by Crippen LogP contribution is -2.27. The largest absolute Gasteiger partial charge is 0.367 e. The van der Waals surface area contributed by atoms with E-state index in [2.05, 4.69) is 39.9 Å². The minimum atomic E-state index is 0.654. The van der Waals surface area contributed by atoms with Crippen LogP contribution in [0.3, 0.4) is 0 Å². The van der Waals surface area contributed by atoms with Crippen molar-refractivity contribution in [1.82, 2.24) is 0 Å². The summed E-state index contributed by atoms with van der Waals surface area (Å²) in [5.41, 5.74) is 1.85. The molecule has 0 aromatic heterocycles. The standard InChI is InChI=1S/C13H15BrN2/c1-2-8-16(10-6-7-10)13-5-3-4-12(14)11(13)9-15/h3-5,10H,2,6-8H2,1H3. The van der Waals surface area contributed by atoms with Crippen LogP contribution in [0.25, 0.3) is 0 Å². The number of anilines is 1. The van der Waals surface area contributed by atoms with Crippen molar-refractivity contribution in [3.63, 3.8) is 0 Å². The van der Waals surface area contributed by atoms with E-state index >= 15 is 0 Å². The van der Waals surface area contributed by atoms with Gasteiger partial charge in [0, 0.05) is 17.1 Å². The molecule has 0 aliphatic heterocycles. The molecule has 0 bridgehead atoms. The van der Waals surface area contributed by atoms with Gasteiger partial charge in [0.05, 0.1) is 11.3 Å². The lowest BCUT2D eigenvalue weighted by atomic mass is 10.1. The Hall–Kier alpha value is -1.01. The number of nitriles is 1. The highest BCUT2D eigenvalue weighted by molar-refractivity contribution is 9.10. The van der Waals surface area contributed by atoms with E-state index in [1.807, 2.05) is 12.1 Å². The molecule has 0 saturated heterocycles. The third-order valence-corrected chi connectivity index (χ3v) is 3.53. The molecule has 1 aliphatic carbocycles. The highest BCUT2D eigenvalue weighted by atomic mass is 79.9. The van der Waals surface area contributed by atoms with Crippen molar-refractivity contribution in [2.24, 2.45) is 0 Å². The van der Waals surface area contributed by atoms with Crippen LogP contribution < -0.4 is 4.90 Å². The van der Waals surface area contributed by atoms with Gasteiger partial charge < -0.3 is 4.90 Å². The molecule has 0 radical (unpaired) electrons. The van der Waals surface area contributed by atoms with Gasteiger partial charge in [-0.15, -0.1) is 0 Å². The molecule has 1 aromatic carbocycles. The summed E-state index contributed by atoms with van der Waals surface area (Å²) in [5, 5.41) is 9.21. The minimum absolute atomic E-state index is 0.654. The Balaban J connectivity index is 2.37. The maximum Gasteiger partial charge on any atom is 0.103 e. The maximum atomic E-state index is 9.21. The first-order chi connectivity index (χ1) is 7.77. The predicted molar refractivity (Wildman–Crippen MR) is 69.5 cm³/mol. The summed E-state index contributed by atoms with van der Waals surface area (Å²) >= 11 is 3.45. The van der Waals surface area contributed by atoms with Gasteiger partial charge in [-0.3, -0.25) is 0 Å². The molecule has 0 unspecified atom stereocenters. The molecule has 0 heterocycles. The molecule has 2 nitrogen and oxygen atoms in total. The minimum Gasteiger partial charge on any atom is -0.367 e. The van der Waals surface area contributed by atoms with Crippen molar-refractivity contribution in [3.05, 3.63) is 28.2 Å². The van der Waals surface area contributed by atoms with Crippen molar-refractivity contribution in [2.45, 2.75) is 32.2 Å². The number of hydrogen-bond acceptors (Lipinski definition) is 2. The normalized spacial score (nSPS) is 14.6. The Kier molecular flexibility index (Phi) is 3.50. The second-order valence-corrected chi connectivity index (χ2v) is 5.02. The van der Waals surface area contributed by atoms with Gasteiger partial charge in [-0.2, -0.15) is 5.26 Å². The number of hydrogen-bond donors (Lipinski definition) is 0. The molecule has 1 aromatic rings. The van der Waals surface area contributed by atoms with E-state index in [4.69, 9.17) is 0 Å². The summed E-state index contributed by atoms with van der Waals surface area (Å²) in [6.07, 6.45) is 3.64. The number of rotatable bonds is 4. The summed E-state index contributed by atoms with van der Waals surface area (Å²) < 4.78 is 0.897. The summed E-state index contributed by atoms with van der Waals surface area (Å²) in [4.78, 5) is 2.38. The van der Waals surface area contributed by atoms with Gasteiger partial charge in [-0.1, -0.05) is 13.0 Å². The highest BCUT2D eigenvalue weighted by Crippen LogP contribution is 2.35. The van der Waals surface area contributed by atoms with Gasteiger partial charge in [-0.05, 0) is 47.3 Å². The van der Waals surface area contributed by atoms with Crippen LogP contribution in [0, 0.1) is 11.3 Å². The van der Waals surface area contributed by atoms with Crippen LogP contribution in [-0.4, -0.2) is 12.6 Å². The van der Waals surface area contributed by atoms with Crippen LogP contribution in [0.1, 0.15) is 31.7 Å². The highest BCUT2D eigenvalue weighted by Gasteiger charge is 2.30. The van der Waals surface area contributed by atoms with Gasteiger partial charge in [-0.25, -0.2) is 0 Å². The maximum absolute atomic E-state index is 9.21. The summed E-state index contributed by atoms with van der Waals surface area (Å²) in [6.45, 7) is 3.22. The summed E-state index contributed by atoms with van der Waals surface area (Å²) in [6, 6.07) is 8.94. The Morgan fingerprint density at radius 1 is 1.50 bits per heavy atom. The molecular weight excluding hydrogens is 264 g/mol. The van der Waals surface area contributed by atoms with Gasteiger partial charge in [0.15, 0.2) is 0 Å². The van der Waals surface area contributed by atoms with E-state index in [0.29, 0.717) is 6.04 Å². The van der Waals surface area contributed by atoms with Crippen molar-refractivity contribution in [3.8, 4) is 6.07 Å². The van der Waals surface area contributed by atoms with Crippen molar-refractivity contribution in [2.75, 3.05) is 11.4 Å². The molecule has 16 heavy (non-hydrogen) atoms. The Morgan fingerprint density at radius 3 is 2.81 bits per heavy atom. The van der Waals surface area contributed by atoms with Crippen molar-refractivity contribution in [1.29, 1.82) is 5.26 Å². The van der Waals surface area contributed by atoms with Gasteiger partial charge in [0.1, 0.15) is 6.07 Å². The number of nitrogens with zero attached hydrogens (tertiary/aromatic N) is 2. The number of halogens is 1. The second kappa shape index (κ2) is 4.88. The average Bonchev–Trinajstić information content (AvgIpc) is 3.09. The Morgan fingerprint density at radius 2 is 2.25 bits per heavy atom. The molecule has 1 aliphatic rings. The first-order valence-electron chi connectivity index (χ1n) is 5.73. The molecule has 0 N–H and O–H groups in total. The van der Waals surface area contributed by atoms with E-state index < -0.39 is 0 Å². The van der Waals surface area contributed by atoms with E-state index in [1.54, 1.807) is 0 Å². The molecule has 1 fully saturated rings. The fourth-order valence-electron chi connectivity index (χ4n) is 1.99. The van der Waals surface area contributed by atoms with Gasteiger partial charge >= 0.3 is 0 Å². The molecular formula is C13H15BrN2. The summed E-state index contributed by atoms with van der Waals surface area (Å²) in [5.74, 6) is 0. The van der Waals surface area contributed by atoms with E-state index in [-0.39, 0.29) is 0 Å². The molecule has 1 saturated carbocycles. The predicted octanol–water partition coefficient (Wildman–Crippen LogP) is 3.70. The molecule has 84 valence electrons. The average molecular weight is 279 g/mol. The fourth-order valence-corrected chi connectivity index (χ4v) is 2.43. The molecule has 0 amide bonds. The monoisotopic (exact) mass is 278 g/mol. The van der Waals surface area contributed by atoms with Crippen LogP contribution in [0.15, 0.2) is 22.7 Å². The van der Waals surface area contributed by atoms with E-state index in [1.165, 1.54) is 12.8 Å². The summed E-state index contributed by atoms with van der Waals surface area (Å²) in [7, 11) is 0.